The number of furan rings is 1. The second-order valence-electron chi connectivity index (χ2n) is 2.65. The molecule has 6 heteroatoms. The summed E-state index contributed by atoms with van der Waals surface area (Å²) in [7, 11) is -2.81. The van der Waals surface area contributed by atoms with E-state index in [9.17, 15) is 13.5 Å². The molecule has 0 aliphatic heterocycles. The van der Waals surface area contributed by atoms with Crippen LogP contribution in [0.2, 0.25) is 0 Å². The van der Waals surface area contributed by atoms with Crippen molar-refractivity contribution in [2.24, 2.45) is 0 Å². The van der Waals surface area contributed by atoms with Crippen molar-refractivity contribution in [2.45, 2.75) is 0 Å². The fourth-order valence-electron chi connectivity index (χ4n) is 1.23. The lowest BCUT2D eigenvalue weighted by atomic mass is 10.2. The van der Waals surface area contributed by atoms with Gasteiger partial charge in [-0.05, 0) is 12.1 Å². The van der Waals surface area contributed by atoms with Gasteiger partial charge in [0.15, 0.2) is 0 Å². The third-order valence-electron chi connectivity index (χ3n) is 1.78. The van der Waals surface area contributed by atoms with E-state index in [-0.39, 0.29) is 5.69 Å². The van der Waals surface area contributed by atoms with Crippen molar-refractivity contribution >= 4 is 27.5 Å². The third kappa shape index (κ3) is 1.39. The van der Waals surface area contributed by atoms with Gasteiger partial charge in [-0.3, -0.25) is 4.72 Å². The summed E-state index contributed by atoms with van der Waals surface area (Å²) in [6.45, 7) is 0. The average molecular weight is 213 g/mol. The third-order valence-corrected chi connectivity index (χ3v) is 2.19. The van der Waals surface area contributed by atoms with Gasteiger partial charge in [0, 0.05) is 5.39 Å². The van der Waals surface area contributed by atoms with Crippen LogP contribution in [0.25, 0.3) is 11.0 Å². The Morgan fingerprint density at radius 1 is 1.29 bits per heavy atom. The quantitative estimate of drug-likeness (QED) is 0.652. The summed E-state index contributed by atoms with van der Waals surface area (Å²) in [5.74, 6) is -0.426. The molecule has 0 unspecified atom stereocenters. The summed E-state index contributed by atoms with van der Waals surface area (Å²) in [5, 5.41) is 9.82. The predicted octanol–water partition coefficient (Wildman–Crippen LogP) is 1.08. The number of anilines is 1. The van der Waals surface area contributed by atoms with Crippen molar-refractivity contribution in [2.75, 3.05) is 4.72 Å². The zero-order chi connectivity index (χ0) is 10.1. The molecule has 1 aromatic carbocycles. The molecule has 5 nitrogen and oxygen atoms in total. The monoisotopic (exact) mass is 213 g/mol. The fraction of sp³-hybridized carbons (Fsp3) is 0. The van der Waals surface area contributed by atoms with E-state index < -0.39 is 16.8 Å². The molecule has 0 saturated heterocycles. The number of rotatable bonds is 2. The summed E-state index contributed by atoms with van der Waals surface area (Å²) in [4.78, 5) is 0. The molecule has 1 heterocycles. The van der Waals surface area contributed by atoms with Crippen molar-refractivity contribution < 1.29 is 17.9 Å². The Labute approximate surface area is 81.0 Å². The van der Waals surface area contributed by atoms with Gasteiger partial charge in [0.1, 0.15) is 11.3 Å². The molecule has 0 fully saturated rings. The molecule has 0 atom stereocenters. The van der Waals surface area contributed by atoms with Gasteiger partial charge in [-0.1, -0.05) is 12.1 Å². The van der Waals surface area contributed by atoms with Crippen LogP contribution in [0.15, 0.2) is 28.7 Å². The van der Waals surface area contributed by atoms with Crippen molar-refractivity contribution in [3.05, 3.63) is 24.3 Å². The van der Waals surface area contributed by atoms with E-state index >= 15 is 0 Å². The van der Waals surface area contributed by atoms with Gasteiger partial charge in [-0.2, -0.15) is 0 Å². The van der Waals surface area contributed by atoms with Crippen LogP contribution >= 0.6 is 0 Å². The standard InChI is InChI=1S/C8H7NO4S/c10-8-7(9-14(11)12)5-3-1-2-4-6(5)13-8/h1-4,10,14H,(H,9,11,12). The van der Waals surface area contributed by atoms with Crippen LogP contribution in [-0.4, -0.2) is 13.5 Å². The number of benzene rings is 1. The highest BCUT2D eigenvalue weighted by molar-refractivity contribution is 7.73. The molecule has 0 radical (unpaired) electrons. The molecule has 2 N–H and O–H groups in total. The van der Waals surface area contributed by atoms with Gasteiger partial charge in [-0.15, -0.1) is 0 Å². The van der Waals surface area contributed by atoms with Crippen LogP contribution in [0.3, 0.4) is 0 Å². The van der Waals surface area contributed by atoms with E-state index in [1.807, 2.05) is 0 Å². The lowest BCUT2D eigenvalue weighted by molar-refractivity contribution is 0.349. The maximum Gasteiger partial charge on any atom is 0.308 e. The first-order valence-electron chi connectivity index (χ1n) is 3.80. The second kappa shape index (κ2) is 3.22. The number of hydrogen-bond acceptors (Lipinski definition) is 4. The van der Waals surface area contributed by atoms with E-state index in [1.54, 1.807) is 24.3 Å². The number of para-hydroxylation sites is 1. The van der Waals surface area contributed by atoms with Crippen LogP contribution in [0.5, 0.6) is 5.95 Å². The largest absolute Gasteiger partial charge is 0.479 e. The Kier molecular flexibility index (Phi) is 2.05. The molecule has 74 valence electrons. The molecule has 1 aromatic heterocycles. The first-order chi connectivity index (χ1) is 6.68. The Hall–Kier alpha value is -1.69. The molecular weight excluding hydrogens is 206 g/mol. The van der Waals surface area contributed by atoms with Gasteiger partial charge in [0.2, 0.25) is 10.9 Å². The molecule has 0 spiro atoms. The van der Waals surface area contributed by atoms with Gasteiger partial charge >= 0.3 is 5.95 Å². The highest BCUT2D eigenvalue weighted by atomic mass is 32.2. The smallest absolute Gasteiger partial charge is 0.308 e. The van der Waals surface area contributed by atoms with Crippen molar-refractivity contribution in [3.63, 3.8) is 0 Å². The van der Waals surface area contributed by atoms with Gasteiger partial charge < -0.3 is 9.52 Å². The Morgan fingerprint density at radius 3 is 2.71 bits per heavy atom. The van der Waals surface area contributed by atoms with Gasteiger partial charge in [-0.25, -0.2) is 8.42 Å². The lowest BCUT2D eigenvalue weighted by Gasteiger charge is -1.93. The van der Waals surface area contributed by atoms with E-state index in [0.29, 0.717) is 11.0 Å². The van der Waals surface area contributed by atoms with Gasteiger partial charge in [0.25, 0.3) is 0 Å². The minimum Gasteiger partial charge on any atom is -0.479 e. The number of fused-ring (bicyclic) bond motifs is 1. The summed E-state index contributed by atoms with van der Waals surface area (Å²) in [6, 6.07) is 6.74. The molecule has 0 saturated carbocycles. The van der Waals surface area contributed by atoms with Crippen LogP contribution < -0.4 is 4.72 Å². The molecule has 14 heavy (non-hydrogen) atoms. The topological polar surface area (TPSA) is 79.5 Å². The number of thiol groups is 1. The normalized spacial score (nSPS) is 10.9. The van der Waals surface area contributed by atoms with E-state index in [4.69, 9.17) is 4.42 Å². The molecular formula is C8H7NO4S. The minimum absolute atomic E-state index is 0.0803. The molecule has 0 amide bonds. The zero-order valence-electron chi connectivity index (χ0n) is 6.93. The second-order valence-corrected chi connectivity index (χ2v) is 3.39. The highest BCUT2D eigenvalue weighted by Crippen LogP contribution is 2.35. The molecule has 0 aliphatic carbocycles. The summed E-state index contributed by atoms with van der Waals surface area (Å²) in [6.07, 6.45) is 0. The van der Waals surface area contributed by atoms with E-state index in [0.717, 1.165) is 0 Å². The van der Waals surface area contributed by atoms with Crippen LogP contribution in [-0.2, 0) is 10.9 Å². The lowest BCUT2D eigenvalue weighted by Crippen LogP contribution is -1.93. The van der Waals surface area contributed by atoms with Gasteiger partial charge in [0.05, 0.1) is 0 Å². The fourth-order valence-corrected chi connectivity index (χ4v) is 1.63. The summed E-state index contributed by atoms with van der Waals surface area (Å²) in [5.41, 5.74) is 0.515. The summed E-state index contributed by atoms with van der Waals surface area (Å²) >= 11 is 0. The van der Waals surface area contributed by atoms with E-state index in [2.05, 4.69) is 4.72 Å². The SMILES string of the molecule is O=[SH](=O)Nc1c(O)oc2ccccc12. The minimum atomic E-state index is -2.81. The number of hydrogen-bond donors (Lipinski definition) is 3. The van der Waals surface area contributed by atoms with Crippen molar-refractivity contribution in [1.82, 2.24) is 0 Å². The molecule has 0 aliphatic rings. The van der Waals surface area contributed by atoms with E-state index in [1.165, 1.54) is 0 Å². The van der Waals surface area contributed by atoms with Crippen molar-refractivity contribution in [1.29, 1.82) is 0 Å². The number of aromatic hydroxyl groups is 1. The van der Waals surface area contributed by atoms with Crippen LogP contribution in [0.4, 0.5) is 5.69 Å². The maximum absolute atomic E-state index is 10.4. The Balaban J connectivity index is 2.67. The highest BCUT2D eigenvalue weighted by Gasteiger charge is 2.12. The molecule has 2 aromatic rings. The Morgan fingerprint density at radius 2 is 2.00 bits per heavy atom. The van der Waals surface area contributed by atoms with Crippen molar-refractivity contribution in [3.8, 4) is 5.95 Å². The molecule has 2 rings (SSSR count). The van der Waals surface area contributed by atoms with Crippen LogP contribution in [0.1, 0.15) is 0 Å². The summed E-state index contributed by atoms with van der Waals surface area (Å²) < 4.78 is 27.9. The first kappa shape index (κ1) is 8.89. The number of nitrogens with one attached hydrogen (secondary N) is 1. The average Bonchev–Trinajstić information content (AvgIpc) is 2.43. The maximum atomic E-state index is 10.4. The van der Waals surface area contributed by atoms with Crippen LogP contribution in [0, 0.1) is 0 Å². The Bertz CT molecular complexity index is 535. The zero-order valence-corrected chi connectivity index (χ0v) is 7.82. The first-order valence-corrected chi connectivity index (χ1v) is 4.98. The molecule has 0 bridgehead atoms. The predicted molar refractivity (Wildman–Crippen MR) is 51.8 cm³/mol.